The van der Waals surface area contributed by atoms with Crippen molar-refractivity contribution in [1.29, 1.82) is 0 Å². The van der Waals surface area contributed by atoms with E-state index < -0.39 is 19.7 Å². The van der Waals surface area contributed by atoms with Crippen LogP contribution in [0.2, 0.25) is 0 Å². The fourth-order valence-electron chi connectivity index (χ4n) is 0.550. The van der Waals surface area contributed by atoms with Gasteiger partial charge in [0.1, 0.15) is 6.61 Å². The Morgan fingerprint density at radius 3 is 2.46 bits per heavy atom. The van der Waals surface area contributed by atoms with Gasteiger partial charge in [-0.25, -0.2) is 4.79 Å². The first-order valence-corrected chi connectivity index (χ1v) is 5.17. The molecule has 2 N–H and O–H groups in total. The Morgan fingerprint density at radius 2 is 2.08 bits per heavy atom. The van der Waals surface area contributed by atoms with Crippen LogP contribution in [0.25, 0.3) is 0 Å². The summed E-state index contributed by atoms with van der Waals surface area (Å²) in [5.74, 6) is -0.816. The van der Waals surface area contributed by atoms with Crippen LogP contribution in [0.4, 0.5) is 0 Å². The van der Waals surface area contributed by atoms with Crippen LogP contribution in [0.3, 0.4) is 0 Å². The highest BCUT2D eigenvalue weighted by atomic mass is 31.2. The van der Waals surface area contributed by atoms with Gasteiger partial charge >= 0.3 is 13.6 Å². The topological polar surface area (TPSA) is 83.8 Å². The van der Waals surface area contributed by atoms with Gasteiger partial charge in [0.2, 0.25) is 0 Å². The van der Waals surface area contributed by atoms with Crippen molar-refractivity contribution < 1.29 is 23.9 Å². The van der Waals surface area contributed by atoms with Gasteiger partial charge in [-0.2, -0.15) is 0 Å². The van der Waals surface area contributed by atoms with Crippen molar-refractivity contribution in [2.75, 3.05) is 12.8 Å². The Balaban J connectivity index is 4.05. The van der Waals surface area contributed by atoms with Gasteiger partial charge in [-0.15, -0.1) is 0 Å². The molecule has 0 radical (unpaired) electrons. The lowest BCUT2D eigenvalue weighted by molar-refractivity contribution is -0.137. The van der Waals surface area contributed by atoms with Gasteiger partial charge in [-0.1, -0.05) is 19.2 Å². The predicted molar refractivity (Wildman–Crippen MR) is 47.2 cm³/mol. The van der Waals surface area contributed by atoms with Crippen LogP contribution < -0.4 is 0 Å². The minimum Gasteiger partial charge on any atom is -0.458 e. The van der Waals surface area contributed by atoms with E-state index in [1.807, 2.05) is 0 Å². The molecular formula is C7H11O5P. The summed E-state index contributed by atoms with van der Waals surface area (Å²) < 4.78 is 14.9. The van der Waals surface area contributed by atoms with Crippen LogP contribution in [0.5, 0.6) is 0 Å². The van der Waals surface area contributed by atoms with E-state index in [0.29, 0.717) is 0 Å². The molecule has 0 saturated heterocycles. The smallest absolute Gasteiger partial charge is 0.334 e. The van der Waals surface area contributed by atoms with Gasteiger partial charge in [-0.05, 0) is 0 Å². The van der Waals surface area contributed by atoms with Crippen molar-refractivity contribution in [3.8, 4) is 0 Å². The highest BCUT2D eigenvalue weighted by molar-refractivity contribution is 7.52. The zero-order chi connectivity index (χ0) is 10.5. The Kier molecular flexibility index (Phi) is 4.62. The normalized spacial score (nSPS) is 10.6. The van der Waals surface area contributed by atoms with Crippen LogP contribution in [0.15, 0.2) is 24.8 Å². The number of esters is 1. The third-order valence-corrected chi connectivity index (χ3v) is 1.81. The van der Waals surface area contributed by atoms with Crippen molar-refractivity contribution in [3.63, 3.8) is 0 Å². The molecule has 0 saturated carbocycles. The average molecular weight is 206 g/mol. The highest BCUT2D eigenvalue weighted by Crippen LogP contribution is 2.36. The summed E-state index contributed by atoms with van der Waals surface area (Å²) in [5, 5.41) is 0. The predicted octanol–water partition coefficient (Wildman–Crippen LogP) is 0.449. The van der Waals surface area contributed by atoms with Crippen molar-refractivity contribution >= 4 is 13.6 Å². The molecular weight excluding hydrogens is 195 g/mol. The van der Waals surface area contributed by atoms with Crippen molar-refractivity contribution in [3.05, 3.63) is 24.8 Å². The molecule has 6 heteroatoms. The number of rotatable bonds is 5. The zero-order valence-corrected chi connectivity index (χ0v) is 7.87. The Bertz CT molecular complexity index is 264. The van der Waals surface area contributed by atoms with E-state index in [-0.39, 0.29) is 12.2 Å². The van der Waals surface area contributed by atoms with Gasteiger partial charge < -0.3 is 14.5 Å². The van der Waals surface area contributed by atoms with E-state index in [2.05, 4.69) is 17.9 Å². The second kappa shape index (κ2) is 4.97. The van der Waals surface area contributed by atoms with Gasteiger partial charge in [0.15, 0.2) is 0 Å². The second-order valence-electron chi connectivity index (χ2n) is 2.31. The Labute approximate surface area is 75.9 Å². The van der Waals surface area contributed by atoms with E-state index in [0.717, 1.165) is 0 Å². The van der Waals surface area contributed by atoms with Gasteiger partial charge in [0.25, 0.3) is 0 Å². The molecule has 0 rings (SSSR count). The molecule has 74 valence electrons. The molecule has 0 aromatic rings. The molecule has 13 heavy (non-hydrogen) atoms. The Morgan fingerprint density at radius 1 is 1.54 bits per heavy atom. The molecule has 0 fully saturated rings. The van der Waals surface area contributed by atoms with E-state index in [4.69, 9.17) is 9.79 Å². The SMILES string of the molecule is C=CCOC(=O)C(=C)CP(=O)(O)O. The quantitative estimate of drug-likeness (QED) is 0.295. The average Bonchev–Trinajstić information content (AvgIpc) is 1.96. The maximum absolute atomic E-state index is 10.9. The monoisotopic (exact) mass is 206 g/mol. The first-order chi connectivity index (χ1) is 5.87. The molecule has 0 aliphatic rings. The van der Waals surface area contributed by atoms with Crippen molar-refractivity contribution in [2.45, 2.75) is 0 Å². The van der Waals surface area contributed by atoms with E-state index in [1.165, 1.54) is 6.08 Å². The van der Waals surface area contributed by atoms with Gasteiger partial charge in [0, 0.05) is 5.57 Å². The second-order valence-corrected chi connectivity index (χ2v) is 3.96. The number of hydrogen-bond donors (Lipinski definition) is 2. The zero-order valence-electron chi connectivity index (χ0n) is 6.97. The summed E-state index contributed by atoms with van der Waals surface area (Å²) in [6, 6.07) is 0. The first-order valence-electron chi connectivity index (χ1n) is 3.37. The first kappa shape index (κ1) is 12.1. The van der Waals surface area contributed by atoms with Crippen LogP contribution in [0, 0.1) is 0 Å². The molecule has 0 aromatic carbocycles. The lowest BCUT2D eigenvalue weighted by Crippen LogP contribution is -2.10. The van der Waals surface area contributed by atoms with Crippen LogP contribution in [-0.2, 0) is 14.1 Å². The largest absolute Gasteiger partial charge is 0.458 e. The fourth-order valence-corrected chi connectivity index (χ4v) is 1.18. The summed E-state index contributed by atoms with van der Waals surface area (Å²) in [5.41, 5.74) is -0.241. The third kappa shape index (κ3) is 6.28. The van der Waals surface area contributed by atoms with Crippen molar-refractivity contribution in [1.82, 2.24) is 0 Å². The van der Waals surface area contributed by atoms with Gasteiger partial charge in [0.05, 0.1) is 6.16 Å². The van der Waals surface area contributed by atoms with Crippen LogP contribution >= 0.6 is 7.60 Å². The maximum atomic E-state index is 10.9. The summed E-state index contributed by atoms with van der Waals surface area (Å²) in [6.07, 6.45) is 0.672. The summed E-state index contributed by atoms with van der Waals surface area (Å²) in [6.45, 7) is 6.50. The number of ether oxygens (including phenoxy) is 1. The minimum atomic E-state index is -4.23. The van der Waals surface area contributed by atoms with Crippen LogP contribution in [0.1, 0.15) is 0 Å². The lowest BCUT2D eigenvalue weighted by Gasteiger charge is -2.05. The fraction of sp³-hybridized carbons (Fsp3) is 0.286. The molecule has 0 heterocycles. The molecule has 0 aromatic heterocycles. The summed E-state index contributed by atoms with van der Waals surface area (Å²) in [7, 11) is -4.23. The standard InChI is InChI=1S/C7H11O5P/c1-3-4-12-7(8)6(2)5-13(9,10)11/h3H,1-2,4-5H2,(H2,9,10,11). The number of carbonyl (C=O) groups is 1. The molecule has 0 atom stereocenters. The third-order valence-electron chi connectivity index (χ3n) is 1.02. The maximum Gasteiger partial charge on any atom is 0.334 e. The molecule has 0 bridgehead atoms. The number of hydrogen-bond acceptors (Lipinski definition) is 3. The van der Waals surface area contributed by atoms with E-state index >= 15 is 0 Å². The number of carbonyl (C=O) groups excluding carboxylic acids is 1. The summed E-state index contributed by atoms with van der Waals surface area (Å²) in [4.78, 5) is 27.8. The van der Waals surface area contributed by atoms with Gasteiger partial charge in [-0.3, -0.25) is 4.57 Å². The van der Waals surface area contributed by atoms with Crippen LogP contribution in [-0.4, -0.2) is 28.5 Å². The molecule has 0 unspecified atom stereocenters. The van der Waals surface area contributed by atoms with Crippen molar-refractivity contribution in [2.24, 2.45) is 0 Å². The van der Waals surface area contributed by atoms with E-state index in [9.17, 15) is 9.36 Å². The minimum absolute atomic E-state index is 0.000980. The molecule has 0 aliphatic heterocycles. The Hall–Kier alpha value is -0.900. The highest BCUT2D eigenvalue weighted by Gasteiger charge is 2.19. The summed E-state index contributed by atoms with van der Waals surface area (Å²) >= 11 is 0. The molecule has 0 spiro atoms. The molecule has 0 amide bonds. The lowest BCUT2D eigenvalue weighted by atomic mass is 10.4. The molecule has 0 aliphatic carbocycles. The molecule has 5 nitrogen and oxygen atoms in total. The van der Waals surface area contributed by atoms with E-state index in [1.54, 1.807) is 0 Å².